The molecule has 2 aromatic rings. The van der Waals surface area contributed by atoms with E-state index in [0.717, 1.165) is 11.1 Å². The number of carboxylic acids is 1. The number of benzene rings is 2. The summed E-state index contributed by atoms with van der Waals surface area (Å²) in [5.41, 5.74) is 2.13. The number of aromatic carboxylic acids is 1. The van der Waals surface area contributed by atoms with Crippen molar-refractivity contribution >= 4 is 51.9 Å². The van der Waals surface area contributed by atoms with Crippen molar-refractivity contribution < 1.29 is 19.4 Å². The summed E-state index contributed by atoms with van der Waals surface area (Å²) in [5, 5.41) is 9.21. The predicted molar refractivity (Wildman–Crippen MR) is 107 cm³/mol. The van der Waals surface area contributed by atoms with Crippen molar-refractivity contribution in [2.75, 3.05) is 12.0 Å². The number of anilines is 1. The van der Waals surface area contributed by atoms with Crippen LogP contribution in [0.1, 0.15) is 21.5 Å². The van der Waals surface area contributed by atoms with Gasteiger partial charge in [-0.25, -0.2) is 4.79 Å². The third-order valence-electron chi connectivity index (χ3n) is 3.92. The highest BCUT2D eigenvalue weighted by Gasteiger charge is 2.34. The second-order valence-corrected chi connectivity index (χ2v) is 7.24. The van der Waals surface area contributed by atoms with Crippen LogP contribution >= 0.6 is 24.0 Å². The Morgan fingerprint density at radius 1 is 1.27 bits per heavy atom. The number of carbonyl (C=O) groups is 2. The van der Waals surface area contributed by atoms with E-state index in [0.29, 0.717) is 20.7 Å². The van der Waals surface area contributed by atoms with Crippen LogP contribution < -0.4 is 9.64 Å². The maximum Gasteiger partial charge on any atom is 0.335 e. The first-order chi connectivity index (χ1) is 12.4. The number of carboxylic acid groups (broad SMARTS) is 1. The van der Waals surface area contributed by atoms with Crippen LogP contribution in [0.2, 0.25) is 0 Å². The van der Waals surface area contributed by atoms with Gasteiger partial charge in [0, 0.05) is 5.56 Å². The normalized spacial score (nSPS) is 15.6. The van der Waals surface area contributed by atoms with Gasteiger partial charge in [0.2, 0.25) is 0 Å². The molecule has 0 radical (unpaired) electrons. The summed E-state index contributed by atoms with van der Waals surface area (Å²) in [6.45, 7) is 1.81. The highest BCUT2D eigenvalue weighted by Crippen LogP contribution is 2.38. The van der Waals surface area contributed by atoms with Gasteiger partial charge in [0.05, 0.1) is 23.3 Å². The largest absolute Gasteiger partial charge is 0.496 e. The predicted octanol–water partition coefficient (Wildman–Crippen LogP) is 4.11. The molecule has 0 saturated carbocycles. The number of carbonyl (C=O) groups excluding carboxylic acids is 1. The Bertz CT molecular complexity index is 952. The molecule has 1 saturated heterocycles. The summed E-state index contributed by atoms with van der Waals surface area (Å²) < 4.78 is 5.68. The fourth-order valence-electron chi connectivity index (χ4n) is 2.59. The molecule has 0 atom stereocenters. The molecule has 0 aliphatic carbocycles. The lowest BCUT2D eigenvalue weighted by atomic mass is 10.1. The summed E-state index contributed by atoms with van der Waals surface area (Å²) in [4.78, 5) is 26.0. The van der Waals surface area contributed by atoms with Crippen molar-refractivity contribution in [3.8, 4) is 5.75 Å². The molecule has 1 heterocycles. The SMILES string of the molecule is COc1ccccc1/C=C1\SC(=S)N(c2cc(C(=O)O)ccc2C)C1=O. The molecule has 26 heavy (non-hydrogen) atoms. The summed E-state index contributed by atoms with van der Waals surface area (Å²) in [6.07, 6.45) is 1.73. The van der Waals surface area contributed by atoms with E-state index in [-0.39, 0.29) is 11.5 Å². The Balaban J connectivity index is 2.01. The molecular weight excluding hydrogens is 370 g/mol. The van der Waals surface area contributed by atoms with Crippen LogP contribution in [0.4, 0.5) is 5.69 Å². The molecule has 132 valence electrons. The van der Waals surface area contributed by atoms with Crippen molar-refractivity contribution in [3.05, 3.63) is 64.1 Å². The maximum absolute atomic E-state index is 12.9. The number of thioether (sulfide) groups is 1. The average molecular weight is 385 g/mol. The van der Waals surface area contributed by atoms with Gasteiger partial charge in [-0.05, 0) is 36.8 Å². The molecule has 0 spiro atoms. The number of ether oxygens (including phenoxy) is 1. The second kappa shape index (κ2) is 7.31. The van der Waals surface area contributed by atoms with E-state index in [2.05, 4.69) is 0 Å². The van der Waals surface area contributed by atoms with E-state index in [1.54, 1.807) is 19.3 Å². The molecule has 0 bridgehead atoms. The van der Waals surface area contributed by atoms with Gasteiger partial charge in [0.25, 0.3) is 5.91 Å². The minimum Gasteiger partial charge on any atom is -0.496 e. The van der Waals surface area contributed by atoms with Crippen LogP contribution in [0.15, 0.2) is 47.4 Å². The summed E-state index contributed by atoms with van der Waals surface area (Å²) in [6, 6.07) is 12.0. The van der Waals surface area contributed by atoms with E-state index in [9.17, 15) is 14.7 Å². The van der Waals surface area contributed by atoms with Gasteiger partial charge in [-0.1, -0.05) is 48.2 Å². The molecule has 1 aliphatic rings. The molecule has 5 nitrogen and oxygen atoms in total. The third kappa shape index (κ3) is 3.36. The van der Waals surface area contributed by atoms with Gasteiger partial charge < -0.3 is 9.84 Å². The molecule has 1 aliphatic heterocycles. The van der Waals surface area contributed by atoms with Gasteiger partial charge in [-0.15, -0.1) is 0 Å². The zero-order chi connectivity index (χ0) is 18.8. The fraction of sp³-hybridized carbons (Fsp3) is 0.105. The number of rotatable bonds is 4. The molecule has 7 heteroatoms. The molecule has 0 unspecified atom stereocenters. The average Bonchev–Trinajstić information content (AvgIpc) is 2.89. The number of hydrogen-bond acceptors (Lipinski definition) is 5. The fourth-order valence-corrected chi connectivity index (χ4v) is 3.86. The maximum atomic E-state index is 12.9. The van der Waals surface area contributed by atoms with Crippen LogP contribution in [0.25, 0.3) is 6.08 Å². The van der Waals surface area contributed by atoms with Gasteiger partial charge in [-0.2, -0.15) is 0 Å². The Morgan fingerprint density at radius 2 is 2.00 bits per heavy atom. The van der Waals surface area contributed by atoms with Crippen molar-refractivity contribution in [3.63, 3.8) is 0 Å². The molecule has 1 N–H and O–H groups in total. The van der Waals surface area contributed by atoms with E-state index in [4.69, 9.17) is 17.0 Å². The number of nitrogens with zero attached hydrogens (tertiary/aromatic N) is 1. The number of thiocarbonyl (C=S) groups is 1. The number of methoxy groups -OCH3 is 1. The van der Waals surface area contributed by atoms with Crippen LogP contribution in [0.3, 0.4) is 0 Å². The first-order valence-electron chi connectivity index (χ1n) is 7.67. The number of para-hydroxylation sites is 1. The lowest BCUT2D eigenvalue weighted by Crippen LogP contribution is -2.28. The van der Waals surface area contributed by atoms with Crippen LogP contribution in [0, 0.1) is 6.92 Å². The minimum atomic E-state index is -1.05. The first kappa shape index (κ1) is 18.2. The van der Waals surface area contributed by atoms with Crippen molar-refractivity contribution in [1.82, 2.24) is 0 Å². The lowest BCUT2D eigenvalue weighted by Gasteiger charge is -2.17. The van der Waals surface area contributed by atoms with Crippen molar-refractivity contribution in [2.24, 2.45) is 0 Å². The smallest absolute Gasteiger partial charge is 0.335 e. The molecule has 0 aromatic heterocycles. The third-order valence-corrected chi connectivity index (χ3v) is 5.22. The van der Waals surface area contributed by atoms with Crippen LogP contribution in [-0.4, -0.2) is 28.4 Å². The minimum absolute atomic E-state index is 0.105. The second-order valence-electron chi connectivity index (χ2n) is 5.57. The number of amides is 1. The number of hydrogen-bond donors (Lipinski definition) is 1. The summed E-state index contributed by atoms with van der Waals surface area (Å²) in [5.74, 6) is -0.681. The van der Waals surface area contributed by atoms with Gasteiger partial charge >= 0.3 is 5.97 Å². The van der Waals surface area contributed by atoms with Crippen molar-refractivity contribution in [1.29, 1.82) is 0 Å². The van der Waals surface area contributed by atoms with Crippen LogP contribution in [0.5, 0.6) is 5.75 Å². The lowest BCUT2D eigenvalue weighted by molar-refractivity contribution is -0.113. The van der Waals surface area contributed by atoms with Gasteiger partial charge in [-0.3, -0.25) is 9.69 Å². The molecule has 2 aromatic carbocycles. The topological polar surface area (TPSA) is 66.8 Å². The Kier molecular flexibility index (Phi) is 5.11. The monoisotopic (exact) mass is 385 g/mol. The molecule has 3 rings (SSSR count). The Morgan fingerprint density at radius 3 is 2.69 bits per heavy atom. The molecule has 1 amide bonds. The van der Waals surface area contributed by atoms with Gasteiger partial charge in [0.15, 0.2) is 4.32 Å². The standard InChI is InChI=1S/C19H15NO4S2/c1-11-7-8-13(18(22)23)9-14(11)20-17(21)16(26-19(20)25)10-12-5-3-4-6-15(12)24-2/h3-10H,1-2H3,(H,22,23)/b16-10-. The highest BCUT2D eigenvalue weighted by molar-refractivity contribution is 8.27. The Hall–Kier alpha value is -2.64. The zero-order valence-electron chi connectivity index (χ0n) is 14.1. The van der Waals surface area contributed by atoms with E-state index in [1.165, 1.54) is 28.8 Å². The van der Waals surface area contributed by atoms with E-state index >= 15 is 0 Å². The summed E-state index contributed by atoms with van der Waals surface area (Å²) >= 11 is 6.55. The first-order valence-corrected chi connectivity index (χ1v) is 8.89. The zero-order valence-corrected chi connectivity index (χ0v) is 15.7. The van der Waals surface area contributed by atoms with E-state index in [1.807, 2.05) is 31.2 Å². The molecule has 1 fully saturated rings. The molecular formula is C19H15NO4S2. The van der Waals surface area contributed by atoms with Gasteiger partial charge in [0.1, 0.15) is 5.75 Å². The highest BCUT2D eigenvalue weighted by atomic mass is 32.2. The van der Waals surface area contributed by atoms with E-state index < -0.39 is 5.97 Å². The van der Waals surface area contributed by atoms with Crippen LogP contribution in [-0.2, 0) is 4.79 Å². The van der Waals surface area contributed by atoms with Crippen molar-refractivity contribution in [2.45, 2.75) is 6.92 Å². The quantitative estimate of drug-likeness (QED) is 0.631. The Labute approximate surface area is 160 Å². The number of aryl methyl sites for hydroxylation is 1. The summed E-state index contributed by atoms with van der Waals surface area (Å²) in [7, 11) is 1.57.